The number of nitrogens with zero attached hydrogens (tertiary/aromatic N) is 1. The first kappa shape index (κ1) is 23.8. The normalized spacial score (nSPS) is 33.7. The van der Waals surface area contributed by atoms with E-state index in [1.165, 1.54) is 19.9 Å². The van der Waals surface area contributed by atoms with Crippen LogP contribution in [0, 0.1) is 5.92 Å². The molecule has 9 heteroatoms. The van der Waals surface area contributed by atoms with Crippen LogP contribution in [0.15, 0.2) is 23.3 Å². The van der Waals surface area contributed by atoms with Gasteiger partial charge in [0, 0.05) is 37.9 Å². The van der Waals surface area contributed by atoms with E-state index in [0.29, 0.717) is 13.1 Å². The highest BCUT2D eigenvalue weighted by atomic mass is 16.6. The molecule has 9 nitrogen and oxygen atoms in total. The lowest BCUT2D eigenvalue weighted by molar-refractivity contribution is -0.183. The minimum absolute atomic E-state index is 0.136. The largest absolute Gasteiger partial charge is 0.458 e. The van der Waals surface area contributed by atoms with E-state index < -0.39 is 47.4 Å². The highest BCUT2D eigenvalue weighted by molar-refractivity contribution is 6.02. The average Bonchev–Trinajstić information content (AvgIpc) is 2.65. The number of esters is 3. The molecule has 0 fully saturated rings. The summed E-state index contributed by atoms with van der Waals surface area (Å²) in [7, 11) is 1.85. The fourth-order valence-corrected chi connectivity index (χ4v) is 3.29. The van der Waals surface area contributed by atoms with Gasteiger partial charge in [-0.3, -0.25) is 9.59 Å². The van der Waals surface area contributed by atoms with Gasteiger partial charge in [0.1, 0.15) is 6.61 Å². The van der Waals surface area contributed by atoms with Crippen molar-refractivity contribution in [3.05, 3.63) is 23.3 Å². The number of Topliss-reactive ketones (excluding diaryl/α,β-unsaturated/α-hetero) is 1. The molecular formula is C21H29NO8. The molecule has 4 atom stereocenters. The summed E-state index contributed by atoms with van der Waals surface area (Å²) in [4.78, 5) is 52.2. The van der Waals surface area contributed by atoms with E-state index >= 15 is 0 Å². The van der Waals surface area contributed by atoms with Crippen molar-refractivity contribution in [3.63, 3.8) is 0 Å². The van der Waals surface area contributed by atoms with Crippen LogP contribution in [0.3, 0.4) is 0 Å². The van der Waals surface area contributed by atoms with Crippen LogP contribution < -0.4 is 0 Å². The molecule has 0 aliphatic carbocycles. The maximum atomic E-state index is 12.9. The first-order valence-electron chi connectivity index (χ1n) is 9.85. The number of aliphatic hydroxyl groups is 1. The van der Waals surface area contributed by atoms with Crippen LogP contribution in [0.4, 0.5) is 0 Å². The third-order valence-electron chi connectivity index (χ3n) is 5.38. The van der Waals surface area contributed by atoms with Gasteiger partial charge < -0.3 is 24.2 Å². The van der Waals surface area contributed by atoms with Gasteiger partial charge in [0.05, 0.1) is 11.7 Å². The third kappa shape index (κ3) is 5.34. The molecule has 2 rings (SSSR count). The summed E-state index contributed by atoms with van der Waals surface area (Å²) in [5, 5.41) is 10.1. The third-order valence-corrected chi connectivity index (χ3v) is 5.38. The molecule has 2 aliphatic rings. The Morgan fingerprint density at radius 1 is 1.37 bits per heavy atom. The Balaban J connectivity index is 2.57. The minimum atomic E-state index is -1.77. The van der Waals surface area contributed by atoms with Gasteiger partial charge in [-0.25, -0.2) is 9.59 Å². The van der Waals surface area contributed by atoms with E-state index in [1.54, 1.807) is 13.0 Å². The monoisotopic (exact) mass is 423 g/mol. The molecular weight excluding hydrogens is 394 g/mol. The SMILES string of the molecule is CC(=O)O[C@]1(C)C(=O)OC/C2=C/CN(C)CC[C@@H](OC(=O)/C(C(C)O)=C\[C@@H]1C)C2=O. The molecule has 2 aliphatic heterocycles. The van der Waals surface area contributed by atoms with Crippen LogP contribution in [-0.2, 0) is 33.4 Å². The summed E-state index contributed by atoms with van der Waals surface area (Å²) >= 11 is 0. The summed E-state index contributed by atoms with van der Waals surface area (Å²) in [5.41, 5.74) is -1.72. The van der Waals surface area contributed by atoms with Gasteiger partial charge in [-0.15, -0.1) is 0 Å². The summed E-state index contributed by atoms with van der Waals surface area (Å²) in [6.07, 6.45) is 0.901. The zero-order chi connectivity index (χ0) is 22.6. The lowest BCUT2D eigenvalue weighted by Gasteiger charge is -2.33. The molecule has 0 radical (unpaired) electrons. The predicted octanol–water partition coefficient (Wildman–Crippen LogP) is 0.551. The van der Waals surface area contributed by atoms with Crippen LogP contribution >= 0.6 is 0 Å². The van der Waals surface area contributed by atoms with E-state index in [-0.39, 0.29) is 24.2 Å². The number of carbonyl (C=O) groups excluding carboxylic acids is 4. The standard InChI is InChI=1S/C21H29NO8/c1-12-10-16(13(2)23)19(26)29-17-7-9-22(5)8-6-15(18(17)25)11-28-20(27)21(12,4)30-14(3)24/h6,10,12-13,17,23H,7-9,11H2,1-5H3/b15-6-,16-10-/t12-,13?,17+,21-/m0/s1. The van der Waals surface area contributed by atoms with E-state index in [9.17, 15) is 24.3 Å². The molecule has 2 heterocycles. The number of hydrogen-bond donors (Lipinski definition) is 1. The minimum Gasteiger partial charge on any atom is -0.458 e. The Bertz CT molecular complexity index is 784. The summed E-state index contributed by atoms with van der Waals surface area (Å²) in [5.74, 6) is -3.73. The molecule has 0 aromatic heterocycles. The number of ether oxygens (including phenoxy) is 3. The van der Waals surface area contributed by atoms with Crippen molar-refractivity contribution in [1.82, 2.24) is 4.90 Å². The molecule has 1 N–H and O–H groups in total. The number of likely N-dealkylation sites (N-methyl/N-ethyl adjacent to an activating group) is 1. The summed E-state index contributed by atoms with van der Waals surface area (Å²) < 4.78 is 16.1. The van der Waals surface area contributed by atoms with Crippen molar-refractivity contribution >= 4 is 23.7 Å². The first-order chi connectivity index (χ1) is 14.0. The molecule has 30 heavy (non-hydrogen) atoms. The van der Waals surface area contributed by atoms with Gasteiger partial charge in [0.25, 0.3) is 0 Å². The second kappa shape index (κ2) is 9.53. The Kier molecular flexibility index (Phi) is 7.54. The van der Waals surface area contributed by atoms with Crippen LogP contribution in [0.5, 0.6) is 0 Å². The Hall–Kier alpha value is -2.52. The second-order valence-corrected chi connectivity index (χ2v) is 7.90. The van der Waals surface area contributed by atoms with Crippen LogP contribution in [0.25, 0.3) is 0 Å². The Morgan fingerprint density at radius 2 is 2.03 bits per heavy atom. The molecule has 0 saturated heterocycles. The molecule has 0 amide bonds. The zero-order valence-electron chi connectivity index (χ0n) is 18.0. The van der Waals surface area contributed by atoms with Crippen molar-refractivity contribution in [2.75, 3.05) is 26.7 Å². The van der Waals surface area contributed by atoms with Crippen molar-refractivity contribution in [2.45, 2.75) is 51.9 Å². The topological polar surface area (TPSA) is 119 Å². The fourth-order valence-electron chi connectivity index (χ4n) is 3.29. The van der Waals surface area contributed by atoms with Gasteiger partial charge in [0.2, 0.25) is 11.4 Å². The van der Waals surface area contributed by atoms with Gasteiger partial charge in [-0.05, 0) is 20.9 Å². The molecule has 0 saturated carbocycles. The molecule has 166 valence electrons. The predicted molar refractivity (Wildman–Crippen MR) is 105 cm³/mol. The summed E-state index contributed by atoms with van der Waals surface area (Å²) in [6, 6.07) is 0. The van der Waals surface area contributed by atoms with Gasteiger partial charge in [0.15, 0.2) is 6.10 Å². The zero-order valence-corrected chi connectivity index (χ0v) is 18.0. The lowest BCUT2D eigenvalue weighted by Crippen LogP contribution is -2.47. The highest BCUT2D eigenvalue weighted by Gasteiger charge is 2.45. The lowest BCUT2D eigenvalue weighted by atomic mass is 9.87. The van der Waals surface area contributed by atoms with E-state index in [0.717, 1.165) is 6.92 Å². The van der Waals surface area contributed by atoms with Crippen LogP contribution in [0.1, 0.15) is 34.1 Å². The van der Waals surface area contributed by atoms with Crippen LogP contribution in [0.2, 0.25) is 0 Å². The molecule has 0 aromatic rings. The van der Waals surface area contributed by atoms with Crippen molar-refractivity contribution in [3.8, 4) is 0 Å². The van der Waals surface area contributed by atoms with E-state index in [4.69, 9.17) is 14.2 Å². The number of ketones is 1. The van der Waals surface area contributed by atoms with Crippen LogP contribution in [-0.4, -0.2) is 78.3 Å². The summed E-state index contributed by atoms with van der Waals surface area (Å²) in [6.45, 7) is 6.07. The molecule has 2 bridgehead atoms. The van der Waals surface area contributed by atoms with E-state index in [1.807, 2.05) is 11.9 Å². The average molecular weight is 423 g/mol. The van der Waals surface area contributed by atoms with Crippen molar-refractivity contribution < 1.29 is 38.5 Å². The molecule has 1 unspecified atom stereocenters. The van der Waals surface area contributed by atoms with Crippen molar-refractivity contribution in [1.29, 1.82) is 0 Å². The van der Waals surface area contributed by atoms with Gasteiger partial charge in [-0.2, -0.15) is 0 Å². The number of rotatable bonds is 2. The fraction of sp³-hybridized carbons (Fsp3) is 0.619. The molecule has 0 spiro atoms. The number of hydrogen-bond acceptors (Lipinski definition) is 9. The number of aliphatic hydroxyl groups excluding tert-OH is 1. The Labute approximate surface area is 175 Å². The van der Waals surface area contributed by atoms with Gasteiger partial charge in [-0.1, -0.05) is 19.1 Å². The molecule has 0 aromatic carbocycles. The van der Waals surface area contributed by atoms with E-state index in [2.05, 4.69) is 0 Å². The smallest absolute Gasteiger partial charge is 0.351 e. The van der Waals surface area contributed by atoms with Crippen molar-refractivity contribution in [2.24, 2.45) is 5.92 Å². The number of cyclic esters (lactones) is 1. The Morgan fingerprint density at radius 3 is 2.63 bits per heavy atom. The number of fused-ring (bicyclic) bond motifs is 2. The van der Waals surface area contributed by atoms with Gasteiger partial charge >= 0.3 is 17.9 Å². The highest BCUT2D eigenvalue weighted by Crippen LogP contribution is 2.29. The number of carbonyl (C=O) groups is 4. The second-order valence-electron chi connectivity index (χ2n) is 7.90. The maximum absolute atomic E-state index is 12.9. The quantitative estimate of drug-likeness (QED) is 0.501. The maximum Gasteiger partial charge on any atom is 0.351 e. The first-order valence-corrected chi connectivity index (χ1v) is 9.85.